The van der Waals surface area contributed by atoms with Crippen molar-refractivity contribution in [2.24, 2.45) is 0 Å². The van der Waals surface area contributed by atoms with Gasteiger partial charge in [-0.05, 0) is 33.1 Å². The summed E-state index contributed by atoms with van der Waals surface area (Å²) in [5.41, 5.74) is 0. The molecule has 0 radical (unpaired) electrons. The van der Waals surface area contributed by atoms with Gasteiger partial charge in [-0.15, -0.1) is 0 Å². The van der Waals surface area contributed by atoms with Crippen molar-refractivity contribution in [3.8, 4) is 0 Å². The average molecular weight is 171 g/mol. The fraction of sp³-hybridized carbons (Fsp3) is 1.00. The Morgan fingerprint density at radius 3 is 2.67 bits per heavy atom. The molecule has 0 aromatic rings. The molecule has 2 unspecified atom stereocenters. The van der Waals surface area contributed by atoms with Gasteiger partial charge in [0.25, 0.3) is 0 Å². The summed E-state index contributed by atoms with van der Waals surface area (Å²) in [6.45, 7) is 7.22. The highest BCUT2D eigenvalue weighted by Crippen LogP contribution is 2.25. The van der Waals surface area contributed by atoms with E-state index in [1.807, 2.05) is 6.92 Å². The molecule has 0 saturated carbocycles. The van der Waals surface area contributed by atoms with Gasteiger partial charge in [-0.25, -0.2) is 0 Å². The second-order valence-corrected chi connectivity index (χ2v) is 4.03. The molecule has 1 N–H and O–H groups in total. The molecule has 2 nitrogen and oxygen atoms in total. The molecule has 0 bridgehead atoms. The Kier molecular flexibility index (Phi) is 3.53. The van der Waals surface area contributed by atoms with Crippen LogP contribution in [0.1, 0.15) is 40.0 Å². The van der Waals surface area contributed by atoms with Crippen LogP contribution in [-0.2, 0) is 0 Å². The minimum Gasteiger partial charge on any atom is -0.392 e. The van der Waals surface area contributed by atoms with E-state index in [1.54, 1.807) is 0 Å². The molecule has 1 saturated heterocycles. The van der Waals surface area contributed by atoms with Gasteiger partial charge in [0, 0.05) is 18.6 Å². The van der Waals surface area contributed by atoms with E-state index < -0.39 is 0 Å². The number of β-amino-alcohol motifs (C(OH)–C–C–N with tert-alkyl or cyclic N) is 1. The van der Waals surface area contributed by atoms with Gasteiger partial charge in [0.2, 0.25) is 0 Å². The summed E-state index contributed by atoms with van der Waals surface area (Å²) >= 11 is 0. The van der Waals surface area contributed by atoms with Crippen LogP contribution >= 0.6 is 0 Å². The van der Waals surface area contributed by atoms with Gasteiger partial charge in [-0.2, -0.15) is 0 Å². The van der Waals surface area contributed by atoms with Crippen LogP contribution in [0.2, 0.25) is 0 Å². The predicted octanol–water partition coefficient (Wildman–Crippen LogP) is 1.63. The largest absolute Gasteiger partial charge is 0.392 e. The average Bonchev–Trinajstić information content (AvgIpc) is 2.32. The van der Waals surface area contributed by atoms with Gasteiger partial charge in [0.05, 0.1) is 6.10 Å². The quantitative estimate of drug-likeness (QED) is 0.697. The molecule has 0 spiro atoms. The lowest BCUT2D eigenvalue weighted by atomic mass is 10.1. The van der Waals surface area contributed by atoms with E-state index >= 15 is 0 Å². The highest BCUT2D eigenvalue weighted by molar-refractivity contribution is 4.84. The molecule has 1 aliphatic heterocycles. The number of likely N-dealkylation sites (tertiary alicyclic amines) is 1. The molecule has 0 amide bonds. The van der Waals surface area contributed by atoms with E-state index in [2.05, 4.69) is 18.7 Å². The standard InChI is InChI=1S/C10H21NO/c1-4-10-6-5-8(2)11(10)7-9(3)12/h8-10,12H,4-7H2,1-3H3/t8?,9-,10?/m0/s1. The van der Waals surface area contributed by atoms with E-state index in [-0.39, 0.29) is 6.10 Å². The Balaban J connectivity index is 2.46. The van der Waals surface area contributed by atoms with Crippen LogP contribution in [0.25, 0.3) is 0 Å². The van der Waals surface area contributed by atoms with E-state index in [4.69, 9.17) is 0 Å². The summed E-state index contributed by atoms with van der Waals surface area (Å²) in [5, 5.41) is 9.30. The van der Waals surface area contributed by atoms with Crippen molar-refractivity contribution in [3.63, 3.8) is 0 Å². The summed E-state index contributed by atoms with van der Waals surface area (Å²) in [6, 6.07) is 1.39. The first-order valence-electron chi connectivity index (χ1n) is 5.09. The van der Waals surface area contributed by atoms with E-state index in [0.717, 1.165) is 12.6 Å². The molecule has 12 heavy (non-hydrogen) atoms. The summed E-state index contributed by atoms with van der Waals surface area (Å²) in [7, 11) is 0. The molecule has 1 fully saturated rings. The number of hydrogen-bond acceptors (Lipinski definition) is 2. The van der Waals surface area contributed by atoms with E-state index in [9.17, 15) is 5.11 Å². The van der Waals surface area contributed by atoms with Crippen molar-refractivity contribution in [1.29, 1.82) is 0 Å². The zero-order chi connectivity index (χ0) is 9.14. The van der Waals surface area contributed by atoms with Gasteiger partial charge >= 0.3 is 0 Å². The lowest BCUT2D eigenvalue weighted by molar-refractivity contribution is 0.0974. The van der Waals surface area contributed by atoms with Crippen LogP contribution in [0.3, 0.4) is 0 Å². The second-order valence-electron chi connectivity index (χ2n) is 4.03. The van der Waals surface area contributed by atoms with Gasteiger partial charge in [0.1, 0.15) is 0 Å². The first-order chi connectivity index (χ1) is 5.65. The molecule has 1 heterocycles. The molecule has 0 aromatic heterocycles. The SMILES string of the molecule is CCC1CCC(C)N1C[C@H](C)O. The molecule has 1 rings (SSSR count). The maximum absolute atomic E-state index is 9.30. The lowest BCUT2D eigenvalue weighted by Crippen LogP contribution is -2.39. The Morgan fingerprint density at radius 2 is 2.17 bits per heavy atom. The summed E-state index contributed by atoms with van der Waals surface area (Å²) in [5.74, 6) is 0. The third-order valence-corrected chi connectivity index (χ3v) is 2.90. The molecule has 72 valence electrons. The topological polar surface area (TPSA) is 23.5 Å². The zero-order valence-corrected chi connectivity index (χ0v) is 8.45. The third-order valence-electron chi connectivity index (χ3n) is 2.90. The number of nitrogens with zero attached hydrogens (tertiary/aromatic N) is 1. The van der Waals surface area contributed by atoms with Crippen LogP contribution in [0.4, 0.5) is 0 Å². The van der Waals surface area contributed by atoms with Crippen LogP contribution in [0.15, 0.2) is 0 Å². The van der Waals surface area contributed by atoms with Crippen LogP contribution in [0.5, 0.6) is 0 Å². The smallest absolute Gasteiger partial charge is 0.0639 e. The van der Waals surface area contributed by atoms with Crippen LogP contribution in [-0.4, -0.2) is 34.7 Å². The highest BCUT2D eigenvalue weighted by atomic mass is 16.3. The molecule has 0 aliphatic carbocycles. The summed E-state index contributed by atoms with van der Waals surface area (Å²) in [6.07, 6.45) is 3.65. The fourth-order valence-corrected chi connectivity index (χ4v) is 2.20. The Hall–Kier alpha value is -0.0800. The van der Waals surface area contributed by atoms with Crippen molar-refractivity contribution < 1.29 is 5.11 Å². The summed E-state index contributed by atoms with van der Waals surface area (Å²) in [4.78, 5) is 2.45. The van der Waals surface area contributed by atoms with Crippen molar-refractivity contribution in [3.05, 3.63) is 0 Å². The molecule has 3 atom stereocenters. The third kappa shape index (κ3) is 2.20. The number of aliphatic hydroxyl groups excluding tert-OH is 1. The van der Waals surface area contributed by atoms with Gasteiger partial charge in [-0.3, -0.25) is 4.90 Å². The maximum atomic E-state index is 9.30. The second kappa shape index (κ2) is 4.24. The van der Waals surface area contributed by atoms with Crippen molar-refractivity contribution in [1.82, 2.24) is 4.90 Å². The molecule has 1 aliphatic rings. The first kappa shape index (κ1) is 10.0. The first-order valence-corrected chi connectivity index (χ1v) is 5.09. The van der Waals surface area contributed by atoms with Crippen molar-refractivity contribution in [2.45, 2.75) is 58.2 Å². The number of hydrogen-bond donors (Lipinski definition) is 1. The normalized spacial score (nSPS) is 34.0. The summed E-state index contributed by atoms with van der Waals surface area (Å²) < 4.78 is 0. The Morgan fingerprint density at radius 1 is 1.50 bits per heavy atom. The van der Waals surface area contributed by atoms with Gasteiger partial charge in [0.15, 0.2) is 0 Å². The number of rotatable bonds is 3. The molecular formula is C10H21NO. The lowest BCUT2D eigenvalue weighted by Gasteiger charge is -2.28. The minimum atomic E-state index is -0.181. The highest BCUT2D eigenvalue weighted by Gasteiger charge is 2.29. The van der Waals surface area contributed by atoms with Gasteiger partial charge < -0.3 is 5.11 Å². The zero-order valence-electron chi connectivity index (χ0n) is 8.45. The molecule has 0 aromatic carbocycles. The Labute approximate surface area is 75.6 Å². The van der Waals surface area contributed by atoms with Crippen LogP contribution in [0, 0.1) is 0 Å². The van der Waals surface area contributed by atoms with Crippen molar-refractivity contribution >= 4 is 0 Å². The van der Waals surface area contributed by atoms with Crippen molar-refractivity contribution in [2.75, 3.05) is 6.54 Å². The predicted molar refractivity (Wildman–Crippen MR) is 51.2 cm³/mol. The molecule has 2 heteroatoms. The van der Waals surface area contributed by atoms with Crippen LogP contribution < -0.4 is 0 Å². The fourth-order valence-electron chi connectivity index (χ4n) is 2.20. The molecular weight excluding hydrogens is 150 g/mol. The monoisotopic (exact) mass is 171 g/mol. The van der Waals surface area contributed by atoms with E-state index in [1.165, 1.54) is 19.3 Å². The van der Waals surface area contributed by atoms with Gasteiger partial charge in [-0.1, -0.05) is 6.92 Å². The van der Waals surface area contributed by atoms with E-state index in [0.29, 0.717) is 6.04 Å². The number of aliphatic hydroxyl groups is 1. The minimum absolute atomic E-state index is 0.181. The Bertz CT molecular complexity index is 136. The maximum Gasteiger partial charge on any atom is 0.0639 e.